The molecule has 0 amide bonds. The van der Waals surface area contributed by atoms with Gasteiger partial charge in [-0.2, -0.15) is 4.98 Å². The molecule has 0 aliphatic heterocycles. The number of nitrogens with zero attached hydrogens (tertiary/aromatic N) is 3. The molecule has 3 nitrogen and oxygen atoms in total. The Bertz CT molecular complexity index is 621. The Labute approximate surface area is 124 Å². The van der Waals surface area contributed by atoms with E-state index < -0.39 is 0 Å². The number of anilines is 1. The van der Waals surface area contributed by atoms with Crippen LogP contribution in [-0.2, 0) is 0 Å². The summed E-state index contributed by atoms with van der Waals surface area (Å²) in [5.41, 5.74) is 0.944. The molecule has 104 valence electrons. The smallest absolute Gasteiger partial charge is 0.224 e. The molecule has 0 N–H and O–H groups in total. The maximum absolute atomic E-state index is 6.12. The number of para-hydroxylation sites is 1. The standard InChI is InChI=1S/C16H18ClN3/c17-16-18-14-4-2-1-3-13(14)15(19-16)20(9-11-5-6-11)10-12-7-8-12/h1-4,11-12H,5-10H2. The van der Waals surface area contributed by atoms with Crippen molar-refractivity contribution in [3.05, 3.63) is 29.5 Å². The van der Waals surface area contributed by atoms with Crippen molar-refractivity contribution < 1.29 is 0 Å². The third kappa shape index (κ3) is 2.59. The van der Waals surface area contributed by atoms with E-state index in [1.807, 2.05) is 12.1 Å². The van der Waals surface area contributed by atoms with E-state index >= 15 is 0 Å². The molecule has 1 aromatic heterocycles. The summed E-state index contributed by atoms with van der Waals surface area (Å²) in [6.07, 6.45) is 5.44. The van der Waals surface area contributed by atoms with Crippen LogP contribution in [0.1, 0.15) is 25.7 Å². The van der Waals surface area contributed by atoms with E-state index in [0.717, 1.165) is 41.6 Å². The van der Waals surface area contributed by atoms with Crippen LogP contribution in [0.15, 0.2) is 24.3 Å². The van der Waals surface area contributed by atoms with Crippen molar-refractivity contribution in [1.82, 2.24) is 9.97 Å². The van der Waals surface area contributed by atoms with Gasteiger partial charge in [-0.3, -0.25) is 0 Å². The minimum atomic E-state index is 0.357. The Morgan fingerprint density at radius 3 is 2.30 bits per heavy atom. The van der Waals surface area contributed by atoms with Crippen molar-refractivity contribution >= 4 is 28.3 Å². The molecule has 0 saturated heterocycles. The lowest BCUT2D eigenvalue weighted by molar-refractivity contribution is 0.673. The third-order valence-electron chi connectivity index (χ3n) is 4.21. The van der Waals surface area contributed by atoms with Crippen LogP contribution in [0.2, 0.25) is 5.28 Å². The maximum atomic E-state index is 6.12. The fraction of sp³-hybridized carbons (Fsp3) is 0.500. The molecule has 0 spiro atoms. The quantitative estimate of drug-likeness (QED) is 0.781. The normalized spacial score (nSPS) is 18.4. The van der Waals surface area contributed by atoms with Crippen LogP contribution in [0.4, 0.5) is 5.82 Å². The van der Waals surface area contributed by atoms with Crippen molar-refractivity contribution in [3.63, 3.8) is 0 Å². The molecular weight excluding hydrogens is 270 g/mol. The number of fused-ring (bicyclic) bond motifs is 1. The van der Waals surface area contributed by atoms with Crippen LogP contribution in [0.25, 0.3) is 10.9 Å². The van der Waals surface area contributed by atoms with Gasteiger partial charge in [0.05, 0.1) is 5.52 Å². The van der Waals surface area contributed by atoms with Crippen molar-refractivity contribution in [2.75, 3.05) is 18.0 Å². The van der Waals surface area contributed by atoms with E-state index in [-0.39, 0.29) is 0 Å². The molecule has 1 aromatic carbocycles. The lowest BCUT2D eigenvalue weighted by atomic mass is 10.2. The van der Waals surface area contributed by atoms with Crippen LogP contribution in [-0.4, -0.2) is 23.1 Å². The second-order valence-corrected chi connectivity index (χ2v) is 6.46. The first kappa shape index (κ1) is 12.4. The van der Waals surface area contributed by atoms with E-state index in [1.165, 1.54) is 25.7 Å². The number of aromatic nitrogens is 2. The zero-order chi connectivity index (χ0) is 13.5. The monoisotopic (exact) mass is 287 g/mol. The SMILES string of the molecule is Clc1nc(N(CC2CC2)CC2CC2)c2ccccc2n1. The van der Waals surface area contributed by atoms with Crippen LogP contribution in [0.3, 0.4) is 0 Å². The molecule has 0 unspecified atom stereocenters. The summed E-state index contributed by atoms with van der Waals surface area (Å²) in [6, 6.07) is 8.17. The molecule has 1 heterocycles. The van der Waals surface area contributed by atoms with Crippen LogP contribution in [0, 0.1) is 11.8 Å². The van der Waals surface area contributed by atoms with Gasteiger partial charge in [0.25, 0.3) is 0 Å². The minimum Gasteiger partial charge on any atom is -0.355 e. The van der Waals surface area contributed by atoms with Crippen LogP contribution in [0.5, 0.6) is 0 Å². The summed E-state index contributed by atoms with van der Waals surface area (Å²) in [6.45, 7) is 2.24. The zero-order valence-corrected chi connectivity index (χ0v) is 12.2. The van der Waals surface area contributed by atoms with E-state index in [2.05, 4.69) is 27.0 Å². The third-order valence-corrected chi connectivity index (χ3v) is 4.38. The first-order valence-corrected chi connectivity index (χ1v) is 7.84. The lowest BCUT2D eigenvalue weighted by Crippen LogP contribution is -2.29. The first-order chi connectivity index (χ1) is 9.79. The predicted octanol–water partition coefficient (Wildman–Crippen LogP) is 3.91. The Morgan fingerprint density at radius 2 is 1.65 bits per heavy atom. The van der Waals surface area contributed by atoms with Gasteiger partial charge in [0, 0.05) is 18.5 Å². The average molecular weight is 288 g/mol. The highest BCUT2D eigenvalue weighted by atomic mass is 35.5. The largest absolute Gasteiger partial charge is 0.355 e. The van der Waals surface area contributed by atoms with Gasteiger partial charge in [-0.05, 0) is 61.3 Å². The molecular formula is C16H18ClN3. The highest BCUT2D eigenvalue weighted by molar-refractivity contribution is 6.28. The Kier molecular flexibility index (Phi) is 3.03. The van der Waals surface area contributed by atoms with Crippen molar-refractivity contribution in [3.8, 4) is 0 Å². The van der Waals surface area contributed by atoms with Crippen molar-refractivity contribution in [2.24, 2.45) is 11.8 Å². The van der Waals surface area contributed by atoms with E-state index in [0.29, 0.717) is 5.28 Å². The second kappa shape index (κ2) is 4.88. The summed E-state index contributed by atoms with van der Waals surface area (Å²) in [5, 5.41) is 1.48. The highest BCUT2D eigenvalue weighted by Crippen LogP contribution is 2.37. The van der Waals surface area contributed by atoms with Gasteiger partial charge in [-0.1, -0.05) is 12.1 Å². The Morgan fingerprint density at radius 1 is 1.00 bits per heavy atom. The highest BCUT2D eigenvalue weighted by Gasteiger charge is 2.30. The van der Waals surface area contributed by atoms with Gasteiger partial charge in [0.1, 0.15) is 5.82 Å². The van der Waals surface area contributed by atoms with Gasteiger partial charge in [-0.15, -0.1) is 0 Å². The van der Waals surface area contributed by atoms with Gasteiger partial charge < -0.3 is 4.90 Å². The molecule has 4 heteroatoms. The van der Waals surface area contributed by atoms with Crippen molar-refractivity contribution in [1.29, 1.82) is 0 Å². The molecule has 2 fully saturated rings. The number of halogens is 1. The fourth-order valence-electron chi connectivity index (χ4n) is 2.74. The molecule has 4 rings (SSSR count). The molecule has 2 saturated carbocycles. The number of hydrogen-bond acceptors (Lipinski definition) is 3. The van der Waals surface area contributed by atoms with Crippen molar-refractivity contribution in [2.45, 2.75) is 25.7 Å². The Balaban J connectivity index is 1.75. The van der Waals surface area contributed by atoms with Gasteiger partial charge in [0.2, 0.25) is 5.28 Å². The molecule has 0 bridgehead atoms. The Hall–Kier alpha value is -1.35. The molecule has 20 heavy (non-hydrogen) atoms. The summed E-state index contributed by atoms with van der Waals surface area (Å²) in [4.78, 5) is 11.3. The van der Waals surface area contributed by atoms with Gasteiger partial charge in [-0.25, -0.2) is 4.98 Å². The lowest BCUT2D eigenvalue weighted by Gasteiger charge is -2.25. The molecule has 2 aliphatic rings. The number of hydrogen-bond donors (Lipinski definition) is 0. The van der Waals surface area contributed by atoms with E-state index in [4.69, 9.17) is 11.6 Å². The van der Waals surface area contributed by atoms with E-state index in [1.54, 1.807) is 0 Å². The van der Waals surface area contributed by atoms with Gasteiger partial charge in [0.15, 0.2) is 0 Å². The second-order valence-electron chi connectivity index (χ2n) is 6.13. The molecule has 2 aliphatic carbocycles. The van der Waals surface area contributed by atoms with Gasteiger partial charge >= 0.3 is 0 Å². The van der Waals surface area contributed by atoms with E-state index in [9.17, 15) is 0 Å². The number of benzene rings is 1. The average Bonchev–Trinajstić information content (AvgIpc) is 3.32. The topological polar surface area (TPSA) is 29.0 Å². The minimum absolute atomic E-state index is 0.357. The van der Waals surface area contributed by atoms with Crippen LogP contribution < -0.4 is 4.90 Å². The fourth-order valence-corrected chi connectivity index (χ4v) is 2.92. The summed E-state index contributed by atoms with van der Waals surface area (Å²) >= 11 is 6.12. The summed E-state index contributed by atoms with van der Waals surface area (Å²) in [5.74, 6) is 2.72. The summed E-state index contributed by atoms with van der Waals surface area (Å²) in [7, 11) is 0. The molecule has 2 aromatic rings. The molecule has 0 atom stereocenters. The first-order valence-electron chi connectivity index (χ1n) is 7.47. The summed E-state index contributed by atoms with van der Waals surface area (Å²) < 4.78 is 0. The zero-order valence-electron chi connectivity index (χ0n) is 11.4. The predicted molar refractivity (Wildman–Crippen MR) is 82.2 cm³/mol. The maximum Gasteiger partial charge on any atom is 0.224 e. The number of rotatable bonds is 5. The molecule has 0 radical (unpaired) electrons. The van der Waals surface area contributed by atoms with Crippen LogP contribution >= 0.6 is 11.6 Å².